The second-order valence-electron chi connectivity index (χ2n) is 6.46. The molecule has 2 aromatic rings. The molecule has 0 aliphatic heterocycles. The lowest BCUT2D eigenvalue weighted by Gasteiger charge is -2.12. The van der Waals surface area contributed by atoms with E-state index in [1.54, 1.807) is 0 Å². The molecule has 0 heterocycles. The van der Waals surface area contributed by atoms with Gasteiger partial charge in [-0.1, -0.05) is 76.2 Å². The highest BCUT2D eigenvalue weighted by atomic mass is 14.6. The Morgan fingerprint density at radius 1 is 1.00 bits per heavy atom. The van der Waals surface area contributed by atoms with Gasteiger partial charge in [0, 0.05) is 11.3 Å². The van der Waals surface area contributed by atoms with Gasteiger partial charge in [-0.3, -0.25) is 0 Å². The Morgan fingerprint density at radius 3 is 2.20 bits per heavy atom. The molecule has 0 bridgehead atoms. The van der Waals surface area contributed by atoms with Crippen molar-refractivity contribution in [2.45, 2.75) is 48.0 Å². The standard InChI is InChI=1S/C22H27N.C2H6/c1-5-18(13-16(2)3)14-22(23)21-15-20(12-11-17(21)4)19-9-7-6-8-10-19;1-2/h5-12,14-16H,13,23H2,1-4H3;1-2H3/b18-5-,22-14-;. The molecular formula is C24H33N. The Labute approximate surface area is 154 Å². The highest BCUT2D eigenvalue weighted by Gasteiger charge is 2.06. The maximum Gasteiger partial charge on any atom is 0.0393 e. The van der Waals surface area contributed by atoms with E-state index in [0.29, 0.717) is 5.92 Å². The van der Waals surface area contributed by atoms with E-state index < -0.39 is 0 Å². The first kappa shape index (κ1) is 20.8. The average Bonchev–Trinajstić information content (AvgIpc) is 2.63. The van der Waals surface area contributed by atoms with E-state index >= 15 is 0 Å². The minimum atomic E-state index is 0.627. The number of benzene rings is 2. The number of hydrogen-bond acceptors (Lipinski definition) is 1. The summed E-state index contributed by atoms with van der Waals surface area (Å²) in [6, 6.07) is 16.9. The van der Waals surface area contributed by atoms with E-state index in [0.717, 1.165) is 17.7 Å². The second-order valence-corrected chi connectivity index (χ2v) is 6.46. The van der Waals surface area contributed by atoms with Crippen LogP contribution in [0, 0.1) is 12.8 Å². The van der Waals surface area contributed by atoms with Gasteiger partial charge in [-0.05, 0) is 60.6 Å². The van der Waals surface area contributed by atoms with Gasteiger partial charge >= 0.3 is 0 Å². The summed E-state index contributed by atoms with van der Waals surface area (Å²) in [4.78, 5) is 0. The van der Waals surface area contributed by atoms with Gasteiger partial charge in [-0.25, -0.2) is 0 Å². The van der Waals surface area contributed by atoms with Crippen molar-refractivity contribution in [1.82, 2.24) is 0 Å². The minimum Gasteiger partial charge on any atom is -0.398 e. The largest absolute Gasteiger partial charge is 0.398 e. The summed E-state index contributed by atoms with van der Waals surface area (Å²) in [5, 5.41) is 0. The quantitative estimate of drug-likeness (QED) is 0.586. The third-order valence-corrected chi connectivity index (χ3v) is 4.01. The van der Waals surface area contributed by atoms with Crippen LogP contribution in [0.3, 0.4) is 0 Å². The van der Waals surface area contributed by atoms with Gasteiger partial charge in [0.25, 0.3) is 0 Å². The lowest BCUT2D eigenvalue weighted by molar-refractivity contribution is 0.649. The highest BCUT2D eigenvalue weighted by molar-refractivity contribution is 5.74. The molecule has 0 aliphatic carbocycles. The molecule has 0 unspecified atom stereocenters. The van der Waals surface area contributed by atoms with Crippen LogP contribution in [0.4, 0.5) is 0 Å². The van der Waals surface area contributed by atoms with Gasteiger partial charge < -0.3 is 5.73 Å². The molecule has 0 spiro atoms. The number of aryl methyl sites for hydroxylation is 1. The molecule has 25 heavy (non-hydrogen) atoms. The second kappa shape index (κ2) is 10.6. The van der Waals surface area contributed by atoms with E-state index in [1.165, 1.54) is 22.3 Å². The van der Waals surface area contributed by atoms with E-state index in [2.05, 4.69) is 82.3 Å². The molecule has 1 nitrogen and oxygen atoms in total. The first-order valence-electron chi connectivity index (χ1n) is 9.30. The molecule has 0 fully saturated rings. The monoisotopic (exact) mass is 335 g/mol. The smallest absolute Gasteiger partial charge is 0.0393 e. The molecule has 1 heteroatoms. The van der Waals surface area contributed by atoms with Gasteiger partial charge in [0.15, 0.2) is 0 Å². The summed E-state index contributed by atoms with van der Waals surface area (Å²) in [6.07, 6.45) is 5.33. The van der Waals surface area contributed by atoms with Crippen molar-refractivity contribution in [3.8, 4) is 11.1 Å². The molecule has 0 radical (unpaired) electrons. The summed E-state index contributed by atoms with van der Waals surface area (Å²) in [5.41, 5.74) is 13.3. The molecule has 2 N–H and O–H groups in total. The molecule has 134 valence electrons. The minimum absolute atomic E-state index is 0.627. The van der Waals surface area contributed by atoms with Gasteiger partial charge in [-0.15, -0.1) is 0 Å². The number of hydrogen-bond donors (Lipinski definition) is 1. The Balaban J connectivity index is 0.00000151. The predicted octanol–water partition coefficient (Wildman–Crippen LogP) is 6.98. The van der Waals surface area contributed by atoms with Crippen LogP contribution >= 0.6 is 0 Å². The Morgan fingerprint density at radius 2 is 1.64 bits per heavy atom. The fraction of sp³-hybridized carbons (Fsp3) is 0.333. The molecule has 0 aliphatic rings. The Bertz CT molecular complexity index is 706. The van der Waals surface area contributed by atoms with Crippen LogP contribution in [-0.4, -0.2) is 0 Å². The SMILES string of the molecule is C/C=C(\C=C(/N)c1cc(-c2ccccc2)ccc1C)CC(C)C.CC. The van der Waals surface area contributed by atoms with Crippen molar-refractivity contribution in [2.24, 2.45) is 11.7 Å². The van der Waals surface area contributed by atoms with E-state index in [1.807, 2.05) is 19.9 Å². The molecule has 0 atom stereocenters. The fourth-order valence-electron chi connectivity index (χ4n) is 2.75. The molecular weight excluding hydrogens is 302 g/mol. The van der Waals surface area contributed by atoms with Crippen LogP contribution in [0.25, 0.3) is 16.8 Å². The van der Waals surface area contributed by atoms with Crippen LogP contribution in [-0.2, 0) is 0 Å². The normalized spacial score (nSPS) is 12.0. The van der Waals surface area contributed by atoms with E-state index in [-0.39, 0.29) is 0 Å². The molecule has 2 rings (SSSR count). The highest BCUT2D eigenvalue weighted by Crippen LogP contribution is 2.26. The predicted molar refractivity (Wildman–Crippen MR) is 113 cm³/mol. The average molecular weight is 336 g/mol. The summed E-state index contributed by atoms with van der Waals surface area (Å²) in [7, 11) is 0. The van der Waals surface area contributed by atoms with Crippen LogP contribution < -0.4 is 5.73 Å². The van der Waals surface area contributed by atoms with Crippen molar-refractivity contribution in [3.63, 3.8) is 0 Å². The van der Waals surface area contributed by atoms with Crippen LogP contribution in [0.2, 0.25) is 0 Å². The van der Waals surface area contributed by atoms with E-state index in [9.17, 15) is 0 Å². The number of allylic oxidation sites excluding steroid dienone is 3. The third-order valence-electron chi connectivity index (χ3n) is 4.01. The Kier molecular flexibility index (Phi) is 8.77. The summed E-state index contributed by atoms with van der Waals surface area (Å²) in [6.45, 7) is 12.7. The third kappa shape index (κ3) is 6.26. The van der Waals surface area contributed by atoms with Crippen molar-refractivity contribution < 1.29 is 0 Å². The van der Waals surface area contributed by atoms with Crippen molar-refractivity contribution in [2.75, 3.05) is 0 Å². The van der Waals surface area contributed by atoms with E-state index in [4.69, 9.17) is 5.73 Å². The molecule has 0 amide bonds. The van der Waals surface area contributed by atoms with Gasteiger partial charge in [0.2, 0.25) is 0 Å². The van der Waals surface area contributed by atoms with Crippen LogP contribution in [0.15, 0.2) is 66.3 Å². The summed E-state index contributed by atoms with van der Waals surface area (Å²) < 4.78 is 0. The van der Waals surface area contributed by atoms with Crippen LogP contribution in [0.1, 0.15) is 52.2 Å². The maximum atomic E-state index is 6.42. The van der Waals surface area contributed by atoms with Gasteiger partial charge in [0.1, 0.15) is 0 Å². The number of rotatable bonds is 5. The Hall–Kier alpha value is -2.28. The van der Waals surface area contributed by atoms with Gasteiger partial charge in [-0.2, -0.15) is 0 Å². The maximum absolute atomic E-state index is 6.42. The summed E-state index contributed by atoms with van der Waals surface area (Å²) >= 11 is 0. The van der Waals surface area contributed by atoms with Gasteiger partial charge in [0.05, 0.1) is 0 Å². The topological polar surface area (TPSA) is 26.0 Å². The zero-order valence-electron chi connectivity index (χ0n) is 16.6. The molecule has 0 saturated heterocycles. The zero-order valence-corrected chi connectivity index (χ0v) is 16.6. The lowest BCUT2D eigenvalue weighted by Crippen LogP contribution is -2.01. The van der Waals surface area contributed by atoms with Crippen molar-refractivity contribution >= 4 is 5.70 Å². The first-order chi connectivity index (χ1) is 12.0. The fourth-order valence-corrected chi connectivity index (χ4v) is 2.75. The van der Waals surface area contributed by atoms with Crippen LogP contribution in [0.5, 0.6) is 0 Å². The molecule has 0 aromatic heterocycles. The van der Waals surface area contributed by atoms with Crippen molar-refractivity contribution in [3.05, 3.63) is 77.4 Å². The lowest BCUT2D eigenvalue weighted by atomic mass is 9.96. The number of nitrogens with two attached hydrogens (primary N) is 1. The molecule has 0 saturated carbocycles. The first-order valence-corrected chi connectivity index (χ1v) is 9.30. The zero-order chi connectivity index (χ0) is 18.8. The summed E-state index contributed by atoms with van der Waals surface area (Å²) in [5.74, 6) is 0.627. The van der Waals surface area contributed by atoms with Crippen molar-refractivity contribution in [1.29, 1.82) is 0 Å². The molecule has 2 aromatic carbocycles.